The zero-order valence-electron chi connectivity index (χ0n) is 14.1. The van der Waals surface area contributed by atoms with E-state index in [4.69, 9.17) is 4.74 Å². The average molecular weight is 352 g/mol. The van der Waals surface area contributed by atoms with Crippen molar-refractivity contribution in [1.29, 1.82) is 0 Å². The van der Waals surface area contributed by atoms with Gasteiger partial charge in [-0.05, 0) is 42.0 Å². The third kappa shape index (κ3) is 3.41. The summed E-state index contributed by atoms with van der Waals surface area (Å²) in [4.78, 5) is 24.7. The van der Waals surface area contributed by atoms with Crippen molar-refractivity contribution in [3.8, 4) is 5.75 Å². The third-order valence-electron chi connectivity index (χ3n) is 4.73. The average Bonchev–Trinajstić information content (AvgIpc) is 3.51. The van der Waals surface area contributed by atoms with E-state index in [-0.39, 0.29) is 12.5 Å². The molecule has 0 bridgehead atoms. The van der Waals surface area contributed by atoms with Gasteiger partial charge in [-0.2, -0.15) is 0 Å². The highest BCUT2D eigenvalue weighted by Crippen LogP contribution is 2.40. The Kier molecular flexibility index (Phi) is 4.34. The van der Waals surface area contributed by atoms with Crippen molar-refractivity contribution in [2.45, 2.75) is 30.9 Å². The van der Waals surface area contributed by atoms with Crippen molar-refractivity contribution in [3.63, 3.8) is 0 Å². The predicted molar refractivity (Wildman–Crippen MR) is 95.9 cm³/mol. The monoisotopic (exact) mass is 352 g/mol. The van der Waals surface area contributed by atoms with Crippen LogP contribution < -0.4 is 15.4 Å². The molecule has 2 aromatic carbocycles. The first-order chi connectivity index (χ1) is 12.6. The van der Waals surface area contributed by atoms with Gasteiger partial charge in [0.1, 0.15) is 18.4 Å². The van der Waals surface area contributed by atoms with Crippen molar-refractivity contribution in [2.75, 3.05) is 11.9 Å². The van der Waals surface area contributed by atoms with E-state index in [2.05, 4.69) is 10.6 Å². The minimum Gasteiger partial charge on any atom is -0.489 e. The van der Waals surface area contributed by atoms with Crippen LogP contribution in [0.3, 0.4) is 0 Å². The molecule has 2 amide bonds. The van der Waals surface area contributed by atoms with E-state index in [1.54, 1.807) is 36.4 Å². The van der Waals surface area contributed by atoms with E-state index in [1.807, 2.05) is 12.1 Å². The lowest BCUT2D eigenvalue weighted by Crippen LogP contribution is -2.48. The summed E-state index contributed by atoms with van der Waals surface area (Å²) in [6, 6.07) is 13.6. The number of carbonyl (C=O) groups is 2. The molecule has 4 rings (SSSR count). The fraction of sp³-hybridized carbons (Fsp3) is 0.300. The van der Waals surface area contributed by atoms with E-state index in [0.717, 1.165) is 0 Å². The van der Waals surface area contributed by atoms with Crippen molar-refractivity contribution in [3.05, 3.63) is 59.7 Å². The zero-order chi connectivity index (χ0) is 18.1. The molecule has 1 heterocycles. The van der Waals surface area contributed by atoms with Gasteiger partial charge < -0.3 is 20.5 Å². The first-order valence-corrected chi connectivity index (χ1v) is 8.73. The normalized spacial score (nSPS) is 20.2. The van der Waals surface area contributed by atoms with Crippen LogP contribution >= 0.6 is 0 Å². The molecule has 0 saturated heterocycles. The topological polar surface area (TPSA) is 87.7 Å². The molecule has 0 aromatic heterocycles. The number of amides is 2. The molecule has 6 nitrogen and oxygen atoms in total. The highest BCUT2D eigenvalue weighted by molar-refractivity contribution is 5.99. The summed E-state index contributed by atoms with van der Waals surface area (Å²) in [7, 11) is 0. The van der Waals surface area contributed by atoms with E-state index >= 15 is 0 Å². The van der Waals surface area contributed by atoms with Gasteiger partial charge in [0.05, 0.1) is 5.69 Å². The largest absolute Gasteiger partial charge is 0.489 e. The van der Waals surface area contributed by atoms with E-state index in [9.17, 15) is 14.7 Å². The summed E-state index contributed by atoms with van der Waals surface area (Å²) in [5.74, 6) is 0.163. The number of fused-ring (bicyclic) bond motifs is 1. The second kappa shape index (κ2) is 6.80. The number of anilines is 1. The number of aliphatic hydroxyl groups is 1. The molecule has 0 spiro atoms. The molecule has 26 heavy (non-hydrogen) atoms. The summed E-state index contributed by atoms with van der Waals surface area (Å²) >= 11 is 0. The van der Waals surface area contributed by atoms with Crippen LogP contribution in [0.5, 0.6) is 5.75 Å². The molecule has 3 N–H and O–H groups in total. The fourth-order valence-corrected chi connectivity index (χ4v) is 3.04. The Balaban J connectivity index is 1.41. The third-order valence-corrected chi connectivity index (χ3v) is 4.73. The molecule has 2 atom stereocenters. The molecular weight excluding hydrogens is 332 g/mol. The second-order valence-electron chi connectivity index (χ2n) is 6.70. The molecule has 1 aliphatic heterocycles. The zero-order valence-corrected chi connectivity index (χ0v) is 14.1. The quantitative estimate of drug-likeness (QED) is 0.786. The molecular formula is C20H20N2O4. The number of hydrogen-bond acceptors (Lipinski definition) is 4. The summed E-state index contributed by atoms with van der Waals surface area (Å²) in [5, 5.41) is 15.6. The van der Waals surface area contributed by atoms with Gasteiger partial charge in [0.2, 0.25) is 0 Å². The first kappa shape index (κ1) is 16.6. The molecule has 2 aliphatic rings. The number of ether oxygens (including phenoxy) is 1. The maximum Gasteiger partial charge on any atom is 0.254 e. The van der Waals surface area contributed by atoms with Crippen LogP contribution in [0.1, 0.15) is 36.0 Å². The van der Waals surface area contributed by atoms with Gasteiger partial charge >= 0.3 is 0 Å². The SMILES string of the molecule is O=C1Nc2ccccc2OCC1NC(=O)C(O)c1ccc(C2CC2)cc1. The Labute approximate surface area is 151 Å². The van der Waals surface area contributed by atoms with Gasteiger partial charge in [-0.15, -0.1) is 0 Å². The number of para-hydroxylation sites is 2. The molecule has 2 aromatic rings. The van der Waals surface area contributed by atoms with Gasteiger partial charge in [-0.3, -0.25) is 9.59 Å². The lowest BCUT2D eigenvalue weighted by Gasteiger charge is -2.18. The van der Waals surface area contributed by atoms with Crippen LogP contribution in [0.25, 0.3) is 0 Å². The van der Waals surface area contributed by atoms with E-state index in [1.165, 1.54) is 18.4 Å². The van der Waals surface area contributed by atoms with E-state index in [0.29, 0.717) is 22.9 Å². The highest BCUT2D eigenvalue weighted by Gasteiger charge is 2.29. The summed E-state index contributed by atoms with van der Waals surface area (Å²) < 4.78 is 5.59. The van der Waals surface area contributed by atoms with Gasteiger partial charge in [0, 0.05) is 0 Å². The Morgan fingerprint density at radius 2 is 1.88 bits per heavy atom. The maximum atomic E-state index is 12.4. The molecule has 1 fully saturated rings. The molecule has 134 valence electrons. The van der Waals surface area contributed by atoms with Crippen LogP contribution in [0.15, 0.2) is 48.5 Å². The summed E-state index contributed by atoms with van der Waals surface area (Å²) in [6.45, 7) is 0.00191. The van der Waals surface area contributed by atoms with Crippen LogP contribution in [0, 0.1) is 0 Å². The van der Waals surface area contributed by atoms with Gasteiger partial charge in [0.15, 0.2) is 6.10 Å². The number of nitrogens with one attached hydrogen (secondary N) is 2. The van der Waals surface area contributed by atoms with Gasteiger partial charge in [0.25, 0.3) is 11.8 Å². The van der Waals surface area contributed by atoms with Crippen molar-refractivity contribution < 1.29 is 19.4 Å². The Bertz CT molecular complexity index is 830. The van der Waals surface area contributed by atoms with Crippen LogP contribution in [-0.4, -0.2) is 29.6 Å². The van der Waals surface area contributed by atoms with Crippen LogP contribution in [0.2, 0.25) is 0 Å². The first-order valence-electron chi connectivity index (χ1n) is 8.73. The standard InChI is InChI=1S/C20H20N2O4/c23-18(14-9-7-13(8-10-14)12-5-6-12)20(25)22-16-11-26-17-4-2-1-3-15(17)21-19(16)24/h1-4,7-10,12,16,18,23H,5-6,11H2,(H,21,24)(H,22,25). The minimum atomic E-state index is -1.33. The Morgan fingerprint density at radius 3 is 2.62 bits per heavy atom. The lowest BCUT2D eigenvalue weighted by atomic mass is 10.0. The Morgan fingerprint density at radius 1 is 1.15 bits per heavy atom. The number of benzene rings is 2. The van der Waals surface area contributed by atoms with Gasteiger partial charge in [-0.1, -0.05) is 36.4 Å². The number of hydrogen-bond donors (Lipinski definition) is 3. The lowest BCUT2D eigenvalue weighted by molar-refractivity contribution is -0.133. The second-order valence-corrected chi connectivity index (χ2v) is 6.70. The van der Waals surface area contributed by atoms with Crippen molar-refractivity contribution >= 4 is 17.5 Å². The summed E-state index contributed by atoms with van der Waals surface area (Å²) in [6.07, 6.45) is 1.06. The summed E-state index contributed by atoms with van der Waals surface area (Å²) in [5.41, 5.74) is 2.30. The maximum absolute atomic E-state index is 12.4. The van der Waals surface area contributed by atoms with Crippen LogP contribution in [0.4, 0.5) is 5.69 Å². The number of carbonyl (C=O) groups excluding carboxylic acids is 2. The van der Waals surface area contributed by atoms with Crippen LogP contribution in [-0.2, 0) is 9.59 Å². The van der Waals surface area contributed by atoms with Crippen molar-refractivity contribution in [2.24, 2.45) is 0 Å². The van der Waals surface area contributed by atoms with Gasteiger partial charge in [-0.25, -0.2) is 0 Å². The highest BCUT2D eigenvalue weighted by atomic mass is 16.5. The molecule has 1 aliphatic carbocycles. The van der Waals surface area contributed by atoms with E-state index < -0.39 is 18.1 Å². The molecule has 0 radical (unpaired) electrons. The van der Waals surface area contributed by atoms with Crippen molar-refractivity contribution in [1.82, 2.24) is 5.32 Å². The molecule has 1 saturated carbocycles. The minimum absolute atomic E-state index is 0.00191. The number of rotatable bonds is 4. The predicted octanol–water partition coefficient (Wildman–Crippen LogP) is 2.11. The smallest absolute Gasteiger partial charge is 0.254 e. The molecule has 2 unspecified atom stereocenters. The Hall–Kier alpha value is -2.86. The number of aliphatic hydroxyl groups excluding tert-OH is 1. The fourth-order valence-electron chi connectivity index (χ4n) is 3.04. The molecule has 6 heteroatoms.